The molecule has 1 aliphatic heterocycles. The average molecular weight is 359 g/mol. The van der Waals surface area contributed by atoms with E-state index in [2.05, 4.69) is 29.6 Å². The summed E-state index contributed by atoms with van der Waals surface area (Å²) in [5, 5.41) is 5.41. The first-order valence-corrected chi connectivity index (χ1v) is 10.1. The van der Waals surface area contributed by atoms with Gasteiger partial charge >= 0.3 is 0 Å². The number of hydrogen-bond donors (Lipinski definition) is 2. The third-order valence-electron chi connectivity index (χ3n) is 4.56. The Labute approximate surface area is 153 Å². The van der Waals surface area contributed by atoms with E-state index in [1.54, 1.807) is 11.8 Å². The molecule has 2 atom stereocenters. The van der Waals surface area contributed by atoms with Crippen molar-refractivity contribution >= 4 is 28.4 Å². The number of rotatable bonds is 7. The van der Waals surface area contributed by atoms with Crippen molar-refractivity contribution in [3.63, 3.8) is 0 Å². The molecule has 2 aromatic carbocycles. The number of benzene rings is 2. The van der Waals surface area contributed by atoms with E-state index in [1.165, 1.54) is 11.8 Å². The SMILES string of the molecule is NCC(NC(=O)CSCC1CCCCO1)c1ccc2ccccc2c1. The highest BCUT2D eigenvalue weighted by Gasteiger charge is 2.16. The van der Waals surface area contributed by atoms with E-state index < -0.39 is 0 Å². The molecule has 1 aliphatic rings. The number of fused-ring (bicyclic) bond motifs is 1. The molecule has 5 heteroatoms. The number of nitrogens with one attached hydrogen (secondary N) is 1. The summed E-state index contributed by atoms with van der Waals surface area (Å²) in [6, 6.07) is 14.3. The van der Waals surface area contributed by atoms with Gasteiger partial charge in [0.05, 0.1) is 17.9 Å². The third kappa shape index (κ3) is 5.21. The summed E-state index contributed by atoms with van der Waals surface area (Å²) in [6.07, 6.45) is 3.80. The largest absolute Gasteiger partial charge is 0.377 e. The van der Waals surface area contributed by atoms with E-state index in [0.29, 0.717) is 18.4 Å². The molecule has 1 amide bonds. The molecule has 0 aromatic heterocycles. The summed E-state index contributed by atoms with van der Waals surface area (Å²) in [4.78, 5) is 12.3. The number of nitrogens with two attached hydrogens (primary N) is 1. The van der Waals surface area contributed by atoms with E-state index in [1.807, 2.05) is 18.2 Å². The molecular formula is C20H26N2O2S. The van der Waals surface area contributed by atoms with E-state index in [9.17, 15) is 4.79 Å². The van der Waals surface area contributed by atoms with Crippen LogP contribution >= 0.6 is 11.8 Å². The van der Waals surface area contributed by atoms with E-state index in [0.717, 1.165) is 36.2 Å². The van der Waals surface area contributed by atoms with Gasteiger partial charge in [0.15, 0.2) is 0 Å². The highest BCUT2D eigenvalue weighted by atomic mass is 32.2. The van der Waals surface area contributed by atoms with Crippen LogP contribution in [0.3, 0.4) is 0 Å². The first-order chi connectivity index (χ1) is 12.3. The molecule has 1 fully saturated rings. The third-order valence-corrected chi connectivity index (χ3v) is 5.63. The van der Waals surface area contributed by atoms with Crippen molar-refractivity contribution in [1.29, 1.82) is 0 Å². The second kappa shape index (κ2) is 9.22. The van der Waals surface area contributed by atoms with Crippen molar-refractivity contribution in [2.24, 2.45) is 5.73 Å². The van der Waals surface area contributed by atoms with Crippen molar-refractivity contribution in [3.05, 3.63) is 48.0 Å². The second-order valence-electron chi connectivity index (χ2n) is 6.47. The van der Waals surface area contributed by atoms with Crippen LogP contribution in [-0.4, -0.2) is 36.7 Å². The van der Waals surface area contributed by atoms with Gasteiger partial charge in [0.2, 0.25) is 5.91 Å². The van der Waals surface area contributed by atoms with Crippen molar-refractivity contribution in [2.75, 3.05) is 24.7 Å². The van der Waals surface area contributed by atoms with Crippen LogP contribution in [0.5, 0.6) is 0 Å². The molecule has 4 nitrogen and oxygen atoms in total. The summed E-state index contributed by atoms with van der Waals surface area (Å²) in [5.74, 6) is 1.37. The van der Waals surface area contributed by atoms with Gasteiger partial charge in [0.1, 0.15) is 0 Å². The van der Waals surface area contributed by atoms with Crippen LogP contribution in [0.15, 0.2) is 42.5 Å². The lowest BCUT2D eigenvalue weighted by Crippen LogP contribution is -2.34. The van der Waals surface area contributed by atoms with Crippen LogP contribution in [-0.2, 0) is 9.53 Å². The van der Waals surface area contributed by atoms with E-state index >= 15 is 0 Å². The van der Waals surface area contributed by atoms with Gasteiger partial charge in [-0.25, -0.2) is 0 Å². The summed E-state index contributed by atoms with van der Waals surface area (Å²) < 4.78 is 5.70. The minimum Gasteiger partial charge on any atom is -0.377 e. The summed E-state index contributed by atoms with van der Waals surface area (Å²) in [5.41, 5.74) is 6.95. The maximum absolute atomic E-state index is 12.3. The fourth-order valence-corrected chi connectivity index (χ4v) is 4.07. The van der Waals surface area contributed by atoms with Gasteiger partial charge < -0.3 is 15.8 Å². The normalized spacial score (nSPS) is 18.8. The zero-order valence-electron chi connectivity index (χ0n) is 14.4. The highest BCUT2D eigenvalue weighted by Crippen LogP contribution is 2.21. The topological polar surface area (TPSA) is 64.3 Å². The Bertz CT molecular complexity index is 701. The lowest BCUT2D eigenvalue weighted by atomic mass is 10.0. The number of carbonyl (C=O) groups excluding carboxylic acids is 1. The number of ether oxygens (including phenoxy) is 1. The zero-order chi connectivity index (χ0) is 17.5. The Kier molecular flexibility index (Phi) is 6.73. The minimum absolute atomic E-state index is 0.0319. The van der Waals surface area contributed by atoms with E-state index in [-0.39, 0.29) is 11.9 Å². The first kappa shape index (κ1) is 18.2. The van der Waals surface area contributed by atoms with Crippen LogP contribution in [0.4, 0.5) is 0 Å². The van der Waals surface area contributed by atoms with Gasteiger partial charge in [-0.1, -0.05) is 36.4 Å². The van der Waals surface area contributed by atoms with Crippen molar-refractivity contribution in [2.45, 2.75) is 31.4 Å². The number of hydrogen-bond acceptors (Lipinski definition) is 4. The molecule has 0 aliphatic carbocycles. The van der Waals surface area contributed by atoms with Crippen molar-refractivity contribution in [3.8, 4) is 0 Å². The number of amides is 1. The Hall–Kier alpha value is -1.56. The molecule has 0 spiro atoms. The summed E-state index contributed by atoms with van der Waals surface area (Å²) >= 11 is 1.64. The Morgan fingerprint density at radius 3 is 2.84 bits per heavy atom. The molecule has 2 unspecified atom stereocenters. The molecular weight excluding hydrogens is 332 g/mol. The molecule has 25 heavy (non-hydrogen) atoms. The number of thioether (sulfide) groups is 1. The van der Waals surface area contributed by atoms with Crippen LogP contribution in [0, 0.1) is 0 Å². The van der Waals surface area contributed by atoms with Crippen LogP contribution in [0.1, 0.15) is 30.9 Å². The van der Waals surface area contributed by atoms with Gasteiger partial charge in [-0.15, -0.1) is 11.8 Å². The Morgan fingerprint density at radius 2 is 2.08 bits per heavy atom. The molecule has 0 radical (unpaired) electrons. The number of carbonyl (C=O) groups is 1. The zero-order valence-corrected chi connectivity index (χ0v) is 15.3. The molecule has 1 heterocycles. The molecule has 2 aromatic rings. The second-order valence-corrected chi connectivity index (χ2v) is 7.50. The quantitative estimate of drug-likeness (QED) is 0.797. The smallest absolute Gasteiger partial charge is 0.230 e. The average Bonchev–Trinajstić information content (AvgIpc) is 2.66. The maximum Gasteiger partial charge on any atom is 0.230 e. The molecule has 3 rings (SSSR count). The van der Waals surface area contributed by atoms with Crippen LogP contribution in [0.2, 0.25) is 0 Å². The molecule has 0 bridgehead atoms. The fourth-order valence-electron chi connectivity index (χ4n) is 3.16. The van der Waals surface area contributed by atoms with E-state index in [4.69, 9.17) is 10.5 Å². The Morgan fingerprint density at radius 1 is 1.24 bits per heavy atom. The van der Waals surface area contributed by atoms with Gasteiger partial charge in [-0.05, 0) is 41.7 Å². The summed E-state index contributed by atoms with van der Waals surface area (Å²) in [7, 11) is 0. The standard InChI is InChI=1S/C20H26N2O2S/c21-12-19(17-9-8-15-5-1-2-6-16(15)11-17)22-20(23)14-25-13-18-7-3-4-10-24-18/h1-2,5-6,8-9,11,18-19H,3-4,7,10,12-14,21H2,(H,22,23). The lowest BCUT2D eigenvalue weighted by Gasteiger charge is -2.22. The Balaban J connectivity index is 1.52. The van der Waals surface area contributed by atoms with Gasteiger partial charge in [0, 0.05) is 18.9 Å². The van der Waals surface area contributed by atoms with Crippen molar-refractivity contribution < 1.29 is 9.53 Å². The fraction of sp³-hybridized carbons (Fsp3) is 0.450. The monoisotopic (exact) mass is 358 g/mol. The van der Waals surface area contributed by atoms with Crippen LogP contribution < -0.4 is 11.1 Å². The maximum atomic E-state index is 12.3. The molecule has 0 saturated carbocycles. The predicted octanol–water partition coefficient (Wildman–Crippen LogP) is 3.26. The molecule has 1 saturated heterocycles. The van der Waals surface area contributed by atoms with Gasteiger partial charge in [-0.2, -0.15) is 0 Å². The van der Waals surface area contributed by atoms with Crippen molar-refractivity contribution in [1.82, 2.24) is 5.32 Å². The first-order valence-electron chi connectivity index (χ1n) is 8.94. The molecule has 134 valence electrons. The van der Waals surface area contributed by atoms with Gasteiger partial charge in [0.25, 0.3) is 0 Å². The lowest BCUT2D eigenvalue weighted by molar-refractivity contribution is -0.119. The predicted molar refractivity (Wildman–Crippen MR) is 105 cm³/mol. The van der Waals surface area contributed by atoms with Gasteiger partial charge in [-0.3, -0.25) is 4.79 Å². The highest BCUT2D eigenvalue weighted by molar-refractivity contribution is 7.99. The molecule has 3 N–H and O–H groups in total. The minimum atomic E-state index is -0.149. The summed E-state index contributed by atoms with van der Waals surface area (Å²) in [6.45, 7) is 1.25. The van der Waals surface area contributed by atoms with Crippen LogP contribution in [0.25, 0.3) is 10.8 Å².